The molecule has 0 saturated carbocycles. The molecule has 0 aromatic heterocycles. The van der Waals surface area contributed by atoms with E-state index in [-0.39, 0.29) is 18.2 Å². The minimum atomic E-state index is -0.804. The molecule has 19 heavy (non-hydrogen) atoms. The highest BCUT2D eigenvalue weighted by molar-refractivity contribution is 5.86. The Morgan fingerprint density at radius 1 is 1.26 bits per heavy atom. The molecular formula is C12H23N3O4. The van der Waals surface area contributed by atoms with Gasteiger partial charge in [-0.25, -0.2) is 4.79 Å². The number of hydrogen-bond acceptors (Lipinski definition) is 3. The Morgan fingerprint density at radius 2 is 1.89 bits per heavy atom. The summed E-state index contributed by atoms with van der Waals surface area (Å²) < 4.78 is 0. The van der Waals surface area contributed by atoms with Crippen molar-refractivity contribution in [3.05, 3.63) is 0 Å². The Labute approximate surface area is 112 Å². The predicted molar refractivity (Wildman–Crippen MR) is 70.5 cm³/mol. The molecule has 5 N–H and O–H groups in total. The van der Waals surface area contributed by atoms with Gasteiger partial charge in [-0.05, 0) is 25.7 Å². The summed E-state index contributed by atoms with van der Waals surface area (Å²) in [5, 5.41) is 13.6. The summed E-state index contributed by atoms with van der Waals surface area (Å²) in [6.45, 7) is 4.00. The second-order valence-corrected chi connectivity index (χ2v) is 4.52. The number of hydrogen-bond donors (Lipinski definition) is 4. The summed E-state index contributed by atoms with van der Waals surface area (Å²) in [7, 11) is 0. The monoisotopic (exact) mass is 273 g/mol. The van der Waals surface area contributed by atoms with Crippen LogP contribution in [0.1, 0.15) is 39.5 Å². The summed E-state index contributed by atoms with van der Waals surface area (Å²) in [5.41, 5.74) is 4.91. The standard InChI is InChI=1S/C12H23N3O4/c1-3-9(4-5-10(16)17)6-7-14-11(18)8(2)15-12(13)19/h8-9H,3-7H2,1-2H3,(H,14,18)(H,16,17)(H3,13,15,19). The van der Waals surface area contributed by atoms with Gasteiger partial charge in [0.15, 0.2) is 0 Å². The molecule has 0 bridgehead atoms. The van der Waals surface area contributed by atoms with Crippen molar-refractivity contribution < 1.29 is 19.5 Å². The number of aliphatic carboxylic acids is 1. The fourth-order valence-corrected chi connectivity index (χ4v) is 1.71. The van der Waals surface area contributed by atoms with Crippen LogP contribution in [0, 0.1) is 5.92 Å². The summed E-state index contributed by atoms with van der Waals surface area (Å²) in [5.74, 6) is -0.829. The van der Waals surface area contributed by atoms with Crippen molar-refractivity contribution in [3.8, 4) is 0 Å². The SMILES string of the molecule is CCC(CCNC(=O)C(C)NC(N)=O)CCC(=O)O. The zero-order valence-corrected chi connectivity index (χ0v) is 11.4. The van der Waals surface area contributed by atoms with Crippen LogP contribution in [0.2, 0.25) is 0 Å². The van der Waals surface area contributed by atoms with Crippen molar-refractivity contribution in [2.45, 2.75) is 45.6 Å². The van der Waals surface area contributed by atoms with Gasteiger partial charge in [-0.1, -0.05) is 13.3 Å². The molecule has 2 atom stereocenters. The number of carboxylic acid groups (broad SMARTS) is 1. The Bertz CT molecular complexity index is 320. The van der Waals surface area contributed by atoms with Gasteiger partial charge in [-0.2, -0.15) is 0 Å². The van der Waals surface area contributed by atoms with Crippen molar-refractivity contribution >= 4 is 17.9 Å². The van der Waals surface area contributed by atoms with Crippen molar-refractivity contribution in [2.24, 2.45) is 11.7 Å². The van der Waals surface area contributed by atoms with Crippen LogP contribution in [0.5, 0.6) is 0 Å². The summed E-state index contributed by atoms with van der Waals surface area (Å²) in [6, 6.07) is -1.41. The molecule has 110 valence electrons. The maximum absolute atomic E-state index is 11.5. The van der Waals surface area contributed by atoms with Gasteiger partial charge in [0.25, 0.3) is 0 Å². The van der Waals surface area contributed by atoms with E-state index in [1.54, 1.807) is 6.92 Å². The number of carbonyl (C=O) groups excluding carboxylic acids is 2. The van der Waals surface area contributed by atoms with Crippen LogP contribution in [0.25, 0.3) is 0 Å². The molecule has 0 aliphatic heterocycles. The van der Waals surface area contributed by atoms with Gasteiger partial charge in [0.2, 0.25) is 5.91 Å². The molecule has 2 unspecified atom stereocenters. The van der Waals surface area contributed by atoms with Crippen molar-refractivity contribution in [1.82, 2.24) is 10.6 Å². The van der Waals surface area contributed by atoms with E-state index in [2.05, 4.69) is 10.6 Å². The largest absolute Gasteiger partial charge is 0.481 e. The van der Waals surface area contributed by atoms with Gasteiger partial charge in [-0.3, -0.25) is 9.59 Å². The van der Waals surface area contributed by atoms with E-state index in [4.69, 9.17) is 10.8 Å². The van der Waals surface area contributed by atoms with Crippen LogP contribution in [0.3, 0.4) is 0 Å². The molecule has 0 spiro atoms. The number of urea groups is 1. The van der Waals surface area contributed by atoms with Crippen LogP contribution < -0.4 is 16.4 Å². The fourth-order valence-electron chi connectivity index (χ4n) is 1.71. The zero-order chi connectivity index (χ0) is 14.8. The number of amides is 3. The van der Waals surface area contributed by atoms with Gasteiger partial charge in [0.1, 0.15) is 6.04 Å². The lowest BCUT2D eigenvalue weighted by Crippen LogP contribution is -2.47. The lowest BCUT2D eigenvalue weighted by molar-refractivity contribution is -0.137. The Balaban J connectivity index is 3.89. The number of carbonyl (C=O) groups is 3. The third-order valence-corrected chi connectivity index (χ3v) is 2.95. The molecule has 0 aromatic rings. The van der Waals surface area contributed by atoms with E-state index in [0.717, 1.165) is 12.8 Å². The molecule has 0 fully saturated rings. The first-order chi connectivity index (χ1) is 8.86. The number of carboxylic acids is 1. The number of nitrogens with two attached hydrogens (primary N) is 1. The first-order valence-corrected chi connectivity index (χ1v) is 6.42. The van der Waals surface area contributed by atoms with Crippen LogP contribution in [0.15, 0.2) is 0 Å². The molecular weight excluding hydrogens is 250 g/mol. The van der Waals surface area contributed by atoms with E-state index >= 15 is 0 Å². The quantitative estimate of drug-likeness (QED) is 0.487. The van der Waals surface area contributed by atoms with E-state index in [1.165, 1.54) is 0 Å². The minimum absolute atomic E-state index is 0.145. The average molecular weight is 273 g/mol. The highest BCUT2D eigenvalue weighted by Crippen LogP contribution is 2.14. The normalized spacial score (nSPS) is 13.4. The number of nitrogens with one attached hydrogen (secondary N) is 2. The first kappa shape index (κ1) is 17.2. The first-order valence-electron chi connectivity index (χ1n) is 6.42. The van der Waals surface area contributed by atoms with E-state index in [1.807, 2.05) is 6.92 Å². The minimum Gasteiger partial charge on any atom is -0.481 e. The van der Waals surface area contributed by atoms with Crippen LogP contribution in [-0.4, -0.2) is 35.6 Å². The molecule has 0 heterocycles. The van der Waals surface area contributed by atoms with E-state index < -0.39 is 18.0 Å². The number of rotatable bonds is 9. The summed E-state index contributed by atoms with van der Waals surface area (Å²) >= 11 is 0. The molecule has 0 aliphatic rings. The Kier molecular flexibility index (Phi) is 8.32. The lowest BCUT2D eigenvalue weighted by atomic mass is 9.96. The van der Waals surface area contributed by atoms with Crippen LogP contribution >= 0.6 is 0 Å². The topological polar surface area (TPSA) is 122 Å². The Hall–Kier alpha value is -1.79. The maximum atomic E-state index is 11.5. The molecule has 0 saturated heterocycles. The van der Waals surface area contributed by atoms with Crippen molar-refractivity contribution in [1.29, 1.82) is 0 Å². The third-order valence-electron chi connectivity index (χ3n) is 2.95. The van der Waals surface area contributed by atoms with Gasteiger partial charge >= 0.3 is 12.0 Å². The lowest BCUT2D eigenvalue weighted by Gasteiger charge is -2.16. The molecule has 0 aromatic carbocycles. The van der Waals surface area contributed by atoms with Crippen LogP contribution in [-0.2, 0) is 9.59 Å². The van der Waals surface area contributed by atoms with Gasteiger partial charge in [0.05, 0.1) is 0 Å². The predicted octanol–water partition coefficient (Wildman–Crippen LogP) is 0.441. The van der Waals surface area contributed by atoms with E-state index in [9.17, 15) is 14.4 Å². The van der Waals surface area contributed by atoms with Crippen LogP contribution in [0.4, 0.5) is 4.79 Å². The highest BCUT2D eigenvalue weighted by atomic mass is 16.4. The van der Waals surface area contributed by atoms with Gasteiger partial charge in [-0.15, -0.1) is 0 Å². The smallest absolute Gasteiger partial charge is 0.312 e. The maximum Gasteiger partial charge on any atom is 0.312 e. The Morgan fingerprint density at radius 3 is 2.37 bits per heavy atom. The second kappa shape index (κ2) is 9.18. The molecule has 7 heteroatoms. The van der Waals surface area contributed by atoms with E-state index in [0.29, 0.717) is 13.0 Å². The summed E-state index contributed by atoms with van der Waals surface area (Å²) in [4.78, 5) is 32.6. The zero-order valence-electron chi connectivity index (χ0n) is 11.4. The molecule has 0 rings (SSSR count). The molecule has 7 nitrogen and oxygen atoms in total. The third kappa shape index (κ3) is 8.87. The molecule has 0 radical (unpaired) electrons. The van der Waals surface area contributed by atoms with Gasteiger partial charge in [0, 0.05) is 13.0 Å². The van der Waals surface area contributed by atoms with Crippen molar-refractivity contribution in [2.75, 3.05) is 6.54 Å². The average Bonchev–Trinajstić information content (AvgIpc) is 2.31. The van der Waals surface area contributed by atoms with Crippen molar-refractivity contribution in [3.63, 3.8) is 0 Å². The second-order valence-electron chi connectivity index (χ2n) is 4.52. The highest BCUT2D eigenvalue weighted by Gasteiger charge is 2.14. The molecule has 0 aliphatic carbocycles. The number of primary amides is 1. The molecule has 3 amide bonds. The fraction of sp³-hybridized carbons (Fsp3) is 0.750. The van der Waals surface area contributed by atoms with Gasteiger partial charge < -0.3 is 21.5 Å². The summed E-state index contributed by atoms with van der Waals surface area (Å²) in [6.07, 6.45) is 2.35.